The highest BCUT2D eigenvalue weighted by Gasteiger charge is 2.33. The van der Waals surface area contributed by atoms with Crippen molar-refractivity contribution in [3.8, 4) is 5.75 Å². The maximum Gasteiger partial charge on any atom is 0.281 e. The molecule has 1 atom stereocenters. The quantitative estimate of drug-likeness (QED) is 0.527. The van der Waals surface area contributed by atoms with Gasteiger partial charge in [0.15, 0.2) is 0 Å². The highest BCUT2D eigenvalue weighted by molar-refractivity contribution is 7.99. The van der Waals surface area contributed by atoms with Crippen molar-refractivity contribution in [2.24, 2.45) is 5.92 Å². The average Bonchev–Trinajstić information content (AvgIpc) is 2.65. The Morgan fingerprint density at radius 3 is 2.65 bits per heavy atom. The van der Waals surface area contributed by atoms with E-state index in [1.54, 1.807) is 18.9 Å². The van der Waals surface area contributed by atoms with Gasteiger partial charge in [0.25, 0.3) is 10.2 Å². The molecule has 2 rings (SSSR count). The molecule has 9 heteroatoms. The largest absolute Gasteiger partial charge is 0.497 e. The third-order valence-electron chi connectivity index (χ3n) is 4.27. The molecule has 0 unspecified atom stereocenters. The molecule has 7 nitrogen and oxygen atoms in total. The third-order valence-corrected chi connectivity index (χ3v) is 7.19. The van der Waals surface area contributed by atoms with E-state index in [4.69, 9.17) is 4.74 Å². The van der Waals surface area contributed by atoms with E-state index < -0.39 is 10.2 Å². The summed E-state index contributed by atoms with van der Waals surface area (Å²) in [6.45, 7) is 1.27. The number of nitrogens with zero attached hydrogens (tertiary/aromatic N) is 2. The maximum absolute atomic E-state index is 12.4. The van der Waals surface area contributed by atoms with Crippen molar-refractivity contribution < 1.29 is 17.9 Å². The standard InChI is InChI=1S/C17H27N3O4S2/c1-19(2)26(22,23)20-11-4-5-14(13-20)17(21)18-10-12-25-16-8-6-15(24-3)7-9-16/h6-9,14H,4-5,10-13H2,1-3H3,(H,18,21)/t14-/m0/s1. The predicted octanol–water partition coefficient (Wildman–Crippen LogP) is 1.42. The van der Waals surface area contributed by atoms with E-state index in [1.165, 1.54) is 22.7 Å². The fourth-order valence-corrected chi connectivity index (χ4v) is 4.71. The van der Waals surface area contributed by atoms with E-state index in [0.717, 1.165) is 22.8 Å². The minimum Gasteiger partial charge on any atom is -0.497 e. The van der Waals surface area contributed by atoms with Crippen molar-refractivity contribution >= 4 is 27.9 Å². The van der Waals surface area contributed by atoms with E-state index in [1.807, 2.05) is 24.3 Å². The minimum absolute atomic E-state index is 0.0704. The van der Waals surface area contributed by atoms with Gasteiger partial charge in [-0.3, -0.25) is 4.79 Å². The first-order chi connectivity index (χ1) is 12.3. The van der Waals surface area contributed by atoms with Crippen LogP contribution in [0.3, 0.4) is 0 Å². The van der Waals surface area contributed by atoms with Crippen molar-refractivity contribution in [3.05, 3.63) is 24.3 Å². The number of carbonyl (C=O) groups excluding carboxylic acids is 1. The summed E-state index contributed by atoms with van der Waals surface area (Å²) >= 11 is 1.65. The van der Waals surface area contributed by atoms with Crippen LogP contribution in [-0.2, 0) is 15.0 Å². The average molecular weight is 402 g/mol. The predicted molar refractivity (Wildman–Crippen MR) is 104 cm³/mol. The molecule has 1 aromatic rings. The molecule has 1 amide bonds. The minimum atomic E-state index is -3.46. The number of piperidine rings is 1. The molecule has 0 spiro atoms. The first kappa shape index (κ1) is 21.0. The first-order valence-corrected chi connectivity index (χ1v) is 10.9. The Bertz CT molecular complexity index is 692. The highest BCUT2D eigenvalue weighted by atomic mass is 32.2. The topological polar surface area (TPSA) is 79.0 Å². The SMILES string of the molecule is COc1ccc(SCCNC(=O)[C@H]2CCCN(S(=O)(=O)N(C)C)C2)cc1. The summed E-state index contributed by atoms with van der Waals surface area (Å²) < 4.78 is 32.2. The fourth-order valence-electron chi connectivity index (χ4n) is 2.76. The smallest absolute Gasteiger partial charge is 0.281 e. The summed E-state index contributed by atoms with van der Waals surface area (Å²) in [5.74, 6) is 1.21. The molecule has 0 bridgehead atoms. The number of methoxy groups -OCH3 is 1. The van der Waals surface area contributed by atoms with E-state index in [2.05, 4.69) is 5.32 Å². The van der Waals surface area contributed by atoms with Crippen LogP contribution in [-0.4, -0.2) is 69.5 Å². The second-order valence-corrected chi connectivity index (χ2v) is 9.61. The second-order valence-electron chi connectivity index (χ2n) is 6.30. The van der Waals surface area contributed by atoms with Crippen molar-refractivity contribution in [3.63, 3.8) is 0 Å². The summed E-state index contributed by atoms with van der Waals surface area (Å²) in [4.78, 5) is 13.5. The first-order valence-electron chi connectivity index (χ1n) is 8.56. The molecule has 1 aromatic carbocycles. The van der Waals surface area contributed by atoms with Crippen LogP contribution in [0.4, 0.5) is 0 Å². The second kappa shape index (κ2) is 9.59. The highest BCUT2D eigenvalue weighted by Crippen LogP contribution is 2.22. The van der Waals surface area contributed by atoms with Crippen LogP contribution >= 0.6 is 11.8 Å². The Morgan fingerprint density at radius 1 is 1.35 bits per heavy atom. The molecular formula is C17H27N3O4S2. The number of amides is 1. The van der Waals surface area contributed by atoms with Crippen molar-refractivity contribution in [1.82, 2.24) is 13.9 Å². The van der Waals surface area contributed by atoms with Gasteiger partial charge in [-0.05, 0) is 37.1 Å². The summed E-state index contributed by atoms with van der Waals surface area (Å²) in [7, 11) is 1.19. The van der Waals surface area contributed by atoms with E-state index in [-0.39, 0.29) is 18.4 Å². The van der Waals surface area contributed by atoms with Crippen LogP contribution in [0.15, 0.2) is 29.2 Å². The monoisotopic (exact) mass is 401 g/mol. The molecule has 0 aliphatic carbocycles. The van der Waals surface area contributed by atoms with Gasteiger partial charge in [0.2, 0.25) is 5.91 Å². The van der Waals surface area contributed by atoms with E-state index >= 15 is 0 Å². The van der Waals surface area contributed by atoms with Crippen LogP contribution in [0.5, 0.6) is 5.75 Å². The van der Waals surface area contributed by atoms with Gasteiger partial charge in [0.05, 0.1) is 13.0 Å². The molecule has 1 heterocycles. The number of rotatable bonds is 8. The molecular weight excluding hydrogens is 374 g/mol. The molecule has 1 saturated heterocycles. The fraction of sp³-hybridized carbons (Fsp3) is 0.588. The van der Waals surface area contributed by atoms with Gasteiger partial charge in [-0.1, -0.05) is 0 Å². The Balaban J connectivity index is 1.76. The van der Waals surface area contributed by atoms with Gasteiger partial charge in [0, 0.05) is 44.4 Å². The number of benzene rings is 1. The number of hydrogen-bond donors (Lipinski definition) is 1. The Kier molecular flexibility index (Phi) is 7.75. The van der Waals surface area contributed by atoms with Crippen molar-refractivity contribution in [2.45, 2.75) is 17.7 Å². The molecule has 1 aliphatic rings. The van der Waals surface area contributed by atoms with Gasteiger partial charge in [-0.25, -0.2) is 0 Å². The van der Waals surface area contributed by atoms with Crippen LogP contribution < -0.4 is 10.1 Å². The van der Waals surface area contributed by atoms with E-state index in [9.17, 15) is 13.2 Å². The number of ether oxygens (including phenoxy) is 1. The van der Waals surface area contributed by atoms with Crippen molar-refractivity contribution in [2.75, 3.05) is 46.6 Å². The van der Waals surface area contributed by atoms with Crippen molar-refractivity contribution in [1.29, 1.82) is 0 Å². The summed E-state index contributed by atoms with van der Waals surface area (Å²) in [5, 5.41) is 2.93. The molecule has 0 aromatic heterocycles. The zero-order valence-electron chi connectivity index (χ0n) is 15.5. The Morgan fingerprint density at radius 2 is 2.04 bits per heavy atom. The zero-order chi connectivity index (χ0) is 19.2. The van der Waals surface area contributed by atoms with Gasteiger partial charge >= 0.3 is 0 Å². The number of hydrogen-bond acceptors (Lipinski definition) is 5. The van der Waals surface area contributed by atoms with Gasteiger partial charge in [-0.2, -0.15) is 17.0 Å². The van der Waals surface area contributed by atoms with Crippen LogP contribution in [0, 0.1) is 5.92 Å². The third kappa shape index (κ3) is 5.60. The number of nitrogens with one attached hydrogen (secondary N) is 1. The molecule has 0 radical (unpaired) electrons. The Hall–Kier alpha value is -1.29. The number of thioether (sulfide) groups is 1. The van der Waals surface area contributed by atoms with Gasteiger partial charge in [-0.15, -0.1) is 11.8 Å². The summed E-state index contributed by atoms with van der Waals surface area (Å²) in [5.41, 5.74) is 0. The Labute approximate surface area is 160 Å². The molecule has 1 fully saturated rings. The lowest BCUT2D eigenvalue weighted by atomic mass is 9.99. The van der Waals surface area contributed by atoms with Gasteiger partial charge in [0.1, 0.15) is 5.75 Å². The van der Waals surface area contributed by atoms with Gasteiger partial charge < -0.3 is 10.1 Å². The van der Waals surface area contributed by atoms with Crippen LogP contribution in [0.2, 0.25) is 0 Å². The lowest BCUT2D eigenvalue weighted by Crippen LogP contribution is -2.49. The van der Waals surface area contributed by atoms with Crippen LogP contribution in [0.25, 0.3) is 0 Å². The number of carbonyl (C=O) groups is 1. The molecule has 26 heavy (non-hydrogen) atoms. The molecule has 146 valence electrons. The molecule has 1 N–H and O–H groups in total. The zero-order valence-corrected chi connectivity index (χ0v) is 17.1. The van der Waals surface area contributed by atoms with Crippen LogP contribution in [0.1, 0.15) is 12.8 Å². The lowest BCUT2D eigenvalue weighted by Gasteiger charge is -2.32. The molecule has 0 saturated carbocycles. The summed E-state index contributed by atoms with van der Waals surface area (Å²) in [6, 6.07) is 7.78. The maximum atomic E-state index is 12.4. The normalized spacial score (nSPS) is 18.7. The lowest BCUT2D eigenvalue weighted by molar-refractivity contribution is -0.125. The van der Waals surface area contributed by atoms with E-state index in [0.29, 0.717) is 19.5 Å². The summed E-state index contributed by atoms with van der Waals surface area (Å²) in [6.07, 6.45) is 1.42. The molecule has 1 aliphatic heterocycles.